The molecule has 0 aliphatic heterocycles. The van der Waals surface area contributed by atoms with Gasteiger partial charge >= 0.3 is 5.97 Å². The number of hydrogen-bond acceptors (Lipinski definition) is 4. The largest absolute Gasteiger partial charge is 0.469 e. The molecule has 0 saturated heterocycles. The number of amides is 1. The van der Waals surface area contributed by atoms with Crippen LogP contribution in [-0.4, -0.2) is 30.9 Å². The van der Waals surface area contributed by atoms with E-state index in [0.717, 1.165) is 22.3 Å². The summed E-state index contributed by atoms with van der Waals surface area (Å²) in [6.07, 6.45) is 1.56. The average molecular weight is 520 g/mol. The van der Waals surface area contributed by atoms with Crippen molar-refractivity contribution in [2.75, 3.05) is 7.11 Å². The number of ether oxygens (including phenoxy) is 1. The minimum Gasteiger partial charge on any atom is -0.469 e. The second-order valence-corrected chi connectivity index (χ2v) is 9.50. The van der Waals surface area contributed by atoms with Crippen LogP contribution in [-0.2, 0) is 22.4 Å². The van der Waals surface area contributed by atoms with E-state index in [1.54, 1.807) is 24.3 Å². The Morgan fingerprint density at radius 1 is 0.795 bits per heavy atom. The van der Waals surface area contributed by atoms with E-state index >= 15 is 0 Å². The van der Waals surface area contributed by atoms with Gasteiger partial charge in [-0.15, -0.1) is 0 Å². The molecule has 2 unspecified atom stereocenters. The van der Waals surface area contributed by atoms with Crippen molar-refractivity contribution in [3.63, 3.8) is 0 Å². The smallest absolute Gasteiger partial charge is 0.311 e. The average Bonchev–Trinajstić information content (AvgIpc) is 2.99. The highest BCUT2D eigenvalue weighted by atomic mass is 16.5. The molecule has 6 heteroatoms. The molecule has 39 heavy (non-hydrogen) atoms. The number of nitrogens with two attached hydrogens (primary N) is 1. The van der Waals surface area contributed by atoms with Crippen molar-refractivity contribution in [2.24, 2.45) is 11.7 Å². The van der Waals surface area contributed by atoms with Crippen LogP contribution < -0.4 is 11.1 Å². The summed E-state index contributed by atoms with van der Waals surface area (Å²) in [7, 11) is 1.36. The van der Waals surface area contributed by atoms with E-state index < -0.39 is 17.9 Å². The molecule has 198 valence electrons. The van der Waals surface area contributed by atoms with E-state index in [4.69, 9.17) is 15.9 Å². The molecule has 4 N–H and O–H groups in total. The summed E-state index contributed by atoms with van der Waals surface area (Å²) in [5, 5.41) is 10.9. The lowest BCUT2D eigenvalue weighted by atomic mass is 9.87. The number of hydrogen-bond donors (Lipinski definition) is 3. The van der Waals surface area contributed by atoms with Gasteiger partial charge in [-0.25, -0.2) is 0 Å². The number of carbonyl (C=O) groups is 2. The van der Waals surface area contributed by atoms with Gasteiger partial charge in [-0.2, -0.15) is 0 Å². The lowest BCUT2D eigenvalue weighted by Crippen LogP contribution is -2.45. The van der Waals surface area contributed by atoms with Gasteiger partial charge in [0.15, 0.2) is 0 Å². The standard InChI is InChI=1S/C33H33N3O3/c1-39-33(38)29(22-24-11-8-14-28(21-24)31(34)35)30(20-15-23-9-4-2-5-10-23)36-32(37)27-18-16-26(17-19-27)25-12-6-3-7-13-25/h2-14,16-19,21,29-30H,15,20,22H2,1H3,(H3,34,35)(H,36,37). The Kier molecular flexibility index (Phi) is 9.25. The van der Waals surface area contributed by atoms with Crippen molar-refractivity contribution in [2.45, 2.75) is 25.3 Å². The number of amidine groups is 1. The first kappa shape index (κ1) is 27.3. The van der Waals surface area contributed by atoms with Crippen LogP contribution in [0.1, 0.15) is 33.5 Å². The Labute approximate surface area is 229 Å². The molecule has 0 aromatic heterocycles. The Balaban J connectivity index is 1.59. The molecule has 0 saturated carbocycles. The number of esters is 1. The fourth-order valence-electron chi connectivity index (χ4n) is 4.70. The summed E-state index contributed by atoms with van der Waals surface area (Å²) in [6, 6.07) is 34.2. The highest BCUT2D eigenvalue weighted by molar-refractivity contribution is 5.96. The Bertz CT molecular complexity index is 1400. The molecule has 0 fully saturated rings. The third-order valence-corrected chi connectivity index (χ3v) is 6.84. The summed E-state index contributed by atoms with van der Waals surface area (Å²) in [5.41, 5.74) is 10.8. The number of aryl methyl sites for hydroxylation is 1. The van der Waals surface area contributed by atoms with Gasteiger partial charge in [0.1, 0.15) is 5.84 Å². The molecule has 1 amide bonds. The van der Waals surface area contributed by atoms with Crippen LogP contribution in [0.2, 0.25) is 0 Å². The molecule has 0 aliphatic rings. The van der Waals surface area contributed by atoms with E-state index in [-0.39, 0.29) is 11.7 Å². The Morgan fingerprint density at radius 2 is 1.41 bits per heavy atom. The molecule has 6 nitrogen and oxygen atoms in total. The van der Waals surface area contributed by atoms with Crippen LogP contribution in [0.3, 0.4) is 0 Å². The highest BCUT2D eigenvalue weighted by Gasteiger charge is 2.31. The lowest BCUT2D eigenvalue weighted by molar-refractivity contribution is -0.146. The fraction of sp³-hybridized carbons (Fsp3) is 0.182. The summed E-state index contributed by atoms with van der Waals surface area (Å²) in [6.45, 7) is 0. The maximum Gasteiger partial charge on any atom is 0.311 e. The van der Waals surface area contributed by atoms with E-state index in [9.17, 15) is 9.59 Å². The second-order valence-electron chi connectivity index (χ2n) is 9.50. The number of methoxy groups -OCH3 is 1. The molecule has 0 radical (unpaired) electrons. The van der Waals surface area contributed by atoms with Gasteiger partial charge in [0.2, 0.25) is 0 Å². The predicted octanol–water partition coefficient (Wildman–Crippen LogP) is 5.40. The number of nitrogens with one attached hydrogen (secondary N) is 2. The third-order valence-electron chi connectivity index (χ3n) is 6.84. The highest BCUT2D eigenvalue weighted by Crippen LogP contribution is 2.22. The first-order valence-electron chi connectivity index (χ1n) is 13.0. The van der Waals surface area contributed by atoms with E-state index in [1.165, 1.54) is 7.11 Å². The summed E-state index contributed by atoms with van der Waals surface area (Å²) >= 11 is 0. The number of benzene rings is 4. The fourth-order valence-corrected chi connectivity index (χ4v) is 4.70. The second kappa shape index (κ2) is 13.2. The van der Waals surface area contributed by atoms with Crippen LogP contribution in [0.15, 0.2) is 109 Å². The zero-order chi connectivity index (χ0) is 27.6. The van der Waals surface area contributed by atoms with Crippen molar-refractivity contribution < 1.29 is 14.3 Å². The molecule has 0 bridgehead atoms. The van der Waals surface area contributed by atoms with Crippen LogP contribution in [0.25, 0.3) is 11.1 Å². The topological polar surface area (TPSA) is 105 Å². The van der Waals surface area contributed by atoms with Crippen molar-refractivity contribution in [3.05, 3.63) is 131 Å². The lowest BCUT2D eigenvalue weighted by Gasteiger charge is -2.27. The monoisotopic (exact) mass is 519 g/mol. The van der Waals surface area contributed by atoms with Gasteiger partial charge in [0, 0.05) is 17.2 Å². The first-order chi connectivity index (χ1) is 18.9. The summed E-state index contributed by atoms with van der Waals surface area (Å²) in [4.78, 5) is 26.5. The van der Waals surface area contributed by atoms with Crippen LogP contribution in [0.4, 0.5) is 0 Å². The molecule has 4 rings (SSSR count). The zero-order valence-electron chi connectivity index (χ0n) is 22.0. The Morgan fingerprint density at radius 3 is 2.05 bits per heavy atom. The number of carbonyl (C=O) groups excluding carboxylic acids is 2. The molecule has 2 atom stereocenters. The van der Waals surface area contributed by atoms with Crippen molar-refractivity contribution in [3.8, 4) is 11.1 Å². The summed E-state index contributed by atoms with van der Waals surface area (Å²) < 4.78 is 5.19. The molecule has 0 spiro atoms. The van der Waals surface area contributed by atoms with Gasteiger partial charge < -0.3 is 15.8 Å². The predicted molar refractivity (Wildman–Crippen MR) is 155 cm³/mol. The third kappa shape index (κ3) is 7.42. The van der Waals surface area contributed by atoms with Gasteiger partial charge in [0.25, 0.3) is 5.91 Å². The van der Waals surface area contributed by atoms with Crippen molar-refractivity contribution >= 4 is 17.7 Å². The quantitative estimate of drug-likeness (QED) is 0.140. The zero-order valence-corrected chi connectivity index (χ0v) is 22.0. The SMILES string of the molecule is COC(=O)C(Cc1cccc(C(=N)N)c1)C(CCc1ccccc1)NC(=O)c1ccc(-c2ccccc2)cc1. The Hall–Kier alpha value is -4.71. The molecular weight excluding hydrogens is 486 g/mol. The minimum atomic E-state index is -0.631. The molecule has 0 heterocycles. The first-order valence-corrected chi connectivity index (χ1v) is 13.0. The van der Waals surface area contributed by atoms with Gasteiger partial charge in [0.05, 0.1) is 13.0 Å². The van der Waals surface area contributed by atoms with E-state index in [1.807, 2.05) is 84.9 Å². The molecule has 4 aromatic rings. The van der Waals surface area contributed by atoms with E-state index in [0.29, 0.717) is 30.4 Å². The molecular formula is C33H33N3O3. The molecule has 0 aliphatic carbocycles. The van der Waals surface area contributed by atoms with Gasteiger partial charge in [-0.1, -0.05) is 91.0 Å². The van der Waals surface area contributed by atoms with Crippen molar-refractivity contribution in [1.82, 2.24) is 5.32 Å². The maximum absolute atomic E-state index is 13.4. The number of rotatable bonds is 11. The summed E-state index contributed by atoms with van der Waals surface area (Å²) in [5.74, 6) is -1.33. The van der Waals surface area contributed by atoms with Gasteiger partial charge in [-0.05, 0) is 59.7 Å². The van der Waals surface area contributed by atoms with E-state index in [2.05, 4.69) is 5.32 Å². The van der Waals surface area contributed by atoms with Crippen molar-refractivity contribution in [1.29, 1.82) is 5.41 Å². The van der Waals surface area contributed by atoms with Crippen LogP contribution in [0.5, 0.6) is 0 Å². The van der Waals surface area contributed by atoms with Crippen LogP contribution >= 0.6 is 0 Å². The van der Waals surface area contributed by atoms with Gasteiger partial charge in [-0.3, -0.25) is 15.0 Å². The maximum atomic E-state index is 13.4. The normalized spacial score (nSPS) is 12.2. The van der Waals surface area contributed by atoms with Crippen LogP contribution in [0, 0.1) is 11.3 Å². The minimum absolute atomic E-state index is 0.0423. The molecule has 4 aromatic carbocycles. The number of nitrogen functional groups attached to an aromatic ring is 1.